The summed E-state index contributed by atoms with van der Waals surface area (Å²) in [6.07, 6.45) is 22.6. The molecule has 0 spiro atoms. The number of carbonyl (C=O) groups excluding carboxylic acids is 2. The number of rotatable bonds is 25. The maximum atomic E-state index is 12.5. The molecule has 0 bridgehead atoms. The molecule has 0 aliphatic carbocycles. The Morgan fingerprint density at radius 2 is 0.912 bits per heavy atom. The van der Waals surface area contributed by atoms with Gasteiger partial charge in [0, 0.05) is 0 Å². The van der Waals surface area contributed by atoms with E-state index in [1.165, 1.54) is 70.6 Å². The lowest BCUT2D eigenvalue weighted by Gasteiger charge is -2.17. The number of unbranched alkanes of at least 4 members (excludes halogenated alkanes) is 12. The van der Waals surface area contributed by atoms with Gasteiger partial charge in [-0.15, -0.1) is 0 Å². The van der Waals surface area contributed by atoms with Crippen LogP contribution in [0.25, 0.3) is 0 Å². The Morgan fingerprint density at radius 3 is 1.44 bits per heavy atom. The van der Waals surface area contributed by atoms with Crippen molar-refractivity contribution in [2.24, 2.45) is 11.8 Å². The summed E-state index contributed by atoms with van der Waals surface area (Å²) < 4.78 is 11.1. The van der Waals surface area contributed by atoms with Gasteiger partial charge in [0.05, 0.1) is 25.0 Å². The Balaban J connectivity index is 3.92. The van der Waals surface area contributed by atoms with Crippen LogP contribution in [-0.2, 0) is 19.1 Å². The third kappa shape index (κ3) is 19.3. The number of esters is 2. The molecule has 0 rings (SSSR count). The lowest BCUT2D eigenvalue weighted by molar-refractivity contribution is -0.150. The zero-order valence-electron chi connectivity index (χ0n) is 23.3. The predicted octanol–water partition coefficient (Wildman–Crippen LogP) is 9.19. The summed E-state index contributed by atoms with van der Waals surface area (Å²) in [5.74, 6) is -0.168. The summed E-state index contributed by atoms with van der Waals surface area (Å²) in [5, 5.41) is 0. The van der Waals surface area contributed by atoms with Crippen LogP contribution in [0.1, 0.15) is 156 Å². The second kappa shape index (κ2) is 25.0. The van der Waals surface area contributed by atoms with Gasteiger partial charge in [-0.1, -0.05) is 118 Å². The van der Waals surface area contributed by atoms with Gasteiger partial charge in [0.1, 0.15) is 0 Å². The molecule has 0 saturated heterocycles. The van der Waals surface area contributed by atoms with Gasteiger partial charge in [-0.25, -0.2) is 0 Å². The Bertz CT molecular complexity index is 463. The zero-order chi connectivity index (χ0) is 25.3. The summed E-state index contributed by atoms with van der Waals surface area (Å²) in [6.45, 7) is 9.58. The van der Waals surface area contributed by atoms with E-state index in [2.05, 4.69) is 27.7 Å². The fourth-order valence-electron chi connectivity index (χ4n) is 4.54. The SMILES string of the molecule is CCCCCCCCCCCCOC(=O)C(CCC)CCCOC(=O)C(CC)CCCCCC. The maximum Gasteiger partial charge on any atom is 0.308 e. The Morgan fingerprint density at radius 1 is 0.471 bits per heavy atom. The number of ether oxygens (including phenoxy) is 2. The van der Waals surface area contributed by atoms with Gasteiger partial charge in [0.2, 0.25) is 0 Å². The molecule has 0 aromatic rings. The normalized spacial score (nSPS) is 12.9. The molecule has 0 heterocycles. The van der Waals surface area contributed by atoms with Crippen molar-refractivity contribution >= 4 is 11.9 Å². The summed E-state index contributed by atoms with van der Waals surface area (Å²) in [5.41, 5.74) is 0. The van der Waals surface area contributed by atoms with E-state index in [1.54, 1.807) is 0 Å². The topological polar surface area (TPSA) is 52.6 Å². The minimum Gasteiger partial charge on any atom is -0.465 e. The lowest BCUT2D eigenvalue weighted by Crippen LogP contribution is -2.21. The summed E-state index contributed by atoms with van der Waals surface area (Å²) in [7, 11) is 0. The van der Waals surface area contributed by atoms with Crippen LogP contribution >= 0.6 is 0 Å². The van der Waals surface area contributed by atoms with Gasteiger partial charge in [0.25, 0.3) is 0 Å². The highest BCUT2D eigenvalue weighted by Crippen LogP contribution is 2.19. The third-order valence-electron chi connectivity index (χ3n) is 6.89. The molecule has 2 unspecified atom stereocenters. The molecule has 0 fully saturated rings. The minimum atomic E-state index is -0.0668. The largest absolute Gasteiger partial charge is 0.465 e. The monoisotopic (exact) mass is 482 g/mol. The molecular formula is C30H58O4. The molecule has 0 aromatic heterocycles. The average Bonchev–Trinajstić information content (AvgIpc) is 2.84. The van der Waals surface area contributed by atoms with E-state index in [0.717, 1.165) is 57.8 Å². The molecule has 0 N–H and O–H groups in total. The molecule has 0 aliphatic heterocycles. The molecule has 0 saturated carbocycles. The second-order valence-electron chi connectivity index (χ2n) is 10.1. The van der Waals surface area contributed by atoms with E-state index in [1.807, 2.05) is 0 Å². The van der Waals surface area contributed by atoms with Crippen LogP contribution in [0.2, 0.25) is 0 Å². The van der Waals surface area contributed by atoms with Gasteiger partial charge < -0.3 is 9.47 Å². The fraction of sp³-hybridized carbons (Fsp3) is 0.933. The van der Waals surface area contributed by atoms with Crippen molar-refractivity contribution in [1.82, 2.24) is 0 Å². The Kier molecular flexibility index (Phi) is 24.3. The van der Waals surface area contributed by atoms with Crippen molar-refractivity contribution in [3.05, 3.63) is 0 Å². The summed E-state index contributed by atoms with van der Waals surface area (Å²) in [6, 6.07) is 0. The van der Waals surface area contributed by atoms with Crippen LogP contribution in [-0.4, -0.2) is 25.2 Å². The fourth-order valence-corrected chi connectivity index (χ4v) is 4.54. The van der Waals surface area contributed by atoms with E-state index in [-0.39, 0.29) is 23.8 Å². The van der Waals surface area contributed by atoms with Crippen LogP contribution in [0.3, 0.4) is 0 Å². The summed E-state index contributed by atoms with van der Waals surface area (Å²) in [4.78, 5) is 24.9. The molecule has 0 radical (unpaired) electrons. The summed E-state index contributed by atoms with van der Waals surface area (Å²) >= 11 is 0. The van der Waals surface area contributed by atoms with Crippen LogP contribution in [0.15, 0.2) is 0 Å². The molecule has 2 atom stereocenters. The minimum absolute atomic E-state index is 0.0225. The van der Waals surface area contributed by atoms with E-state index in [9.17, 15) is 9.59 Å². The highest BCUT2D eigenvalue weighted by Gasteiger charge is 2.20. The number of hydrogen-bond donors (Lipinski definition) is 0. The van der Waals surface area contributed by atoms with Gasteiger partial charge in [-0.05, 0) is 38.5 Å². The number of hydrogen-bond acceptors (Lipinski definition) is 4. The molecular weight excluding hydrogens is 424 g/mol. The van der Waals surface area contributed by atoms with Gasteiger partial charge >= 0.3 is 11.9 Å². The van der Waals surface area contributed by atoms with Crippen molar-refractivity contribution in [3.8, 4) is 0 Å². The van der Waals surface area contributed by atoms with Crippen LogP contribution in [0.5, 0.6) is 0 Å². The third-order valence-corrected chi connectivity index (χ3v) is 6.89. The smallest absolute Gasteiger partial charge is 0.308 e. The average molecular weight is 483 g/mol. The van der Waals surface area contributed by atoms with E-state index < -0.39 is 0 Å². The maximum absolute atomic E-state index is 12.5. The van der Waals surface area contributed by atoms with Crippen LogP contribution < -0.4 is 0 Å². The van der Waals surface area contributed by atoms with E-state index in [0.29, 0.717) is 13.2 Å². The molecule has 4 heteroatoms. The van der Waals surface area contributed by atoms with Crippen molar-refractivity contribution in [3.63, 3.8) is 0 Å². The zero-order valence-corrected chi connectivity index (χ0v) is 23.3. The number of carbonyl (C=O) groups is 2. The van der Waals surface area contributed by atoms with Crippen molar-refractivity contribution in [2.75, 3.05) is 13.2 Å². The molecule has 0 aromatic carbocycles. The van der Waals surface area contributed by atoms with Crippen molar-refractivity contribution in [1.29, 1.82) is 0 Å². The van der Waals surface area contributed by atoms with Gasteiger partial charge in [-0.3, -0.25) is 9.59 Å². The predicted molar refractivity (Wildman–Crippen MR) is 144 cm³/mol. The lowest BCUT2D eigenvalue weighted by atomic mass is 9.97. The van der Waals surface area contributed by atoms with Gasteiger partial charge in [-0.2, -0.15) is 0 Å². The molecule has 202 valence electrons. The van der Waals surface area contributed by atoms with Gasteiger partial charge in [0.15, 0.2) is 0 Å². The van der Waals surface area contributed by atoms with Crippen LogP contribution in [0.4, 0.5) is 0 Å². The highest BCUT2D eigenvalue weighted by molar-refractivity contribution is 5.73. The first kappa shape index (κ1) is 32.9. The first-order valence-corrected chi connectivity index (χ1v) is 14.9. The first-order chi connectivity index (χ1) is 16.6. The molecule has 4 nitrogen and oxygen atoms in total. The van der Waals surface area contributed by atoms with E-state index >= 15 is 0 Å². The van der Waals surface area contributed by atoms with Crippen molar-refractivity contribution in [2.45, 2.75) is 156 Å². The van der Waals surface area contributed by atoms with Crippen molar-refractivity contribution < 1.29 is 19.1 Å². The Labute approximate surface area is 212 Å². The highest BCUT2D eigenvalue weighted by atomic mass is 16.5. The standard InChI is InChI=1S/C30H58O4/c1-5-9-11-13-14-15-16-17-18-20-25-33-30(32)28(22-7-3)24-21-26-34-29(31)27(8-4)23-19-12-10-6-2/h27-28H,5-26H2,1-4H3. The second-order valence-corrected chi connectivity index (χ2v) is 10.1. The van der Waals surface area contributed by atoms with E-state index in [4.69, 9.17) is 9.47 Å². The molecule has 0 amide bonds. The molecule has 0 aliphatic rings. The first-order valence-electron chi connectivity index (χ1n) is 14.9. The van der Waals surface area contributed by atoms with Crippen LogP contribution in [0, 0.1) is 11.8 Å². The molecule has 34 heavy (non-hydrogen) atoms. The quantitative estimate of drug-likeness (QED) is 0.0961. The Hall–Kier alpha value is -1.06.